The third kappa shape index (κ3) is 2.95. The van der Waals surface area contributed by atoms with Gasteiger partial charge in [-0.2, -0.15) is 0 Å². The summed E-state index contributed by atoms with van der Waals surface area (Å²) in [5, 5.41) is 2.87. The van der Waals surface area contributed by atoms with Crippen LogP contribution in [0, 0.1) is 0 Å². The maximum absolute atomic E-state index is 5.65. The Morgan fingerprint density at radius 2 is 1.00 bits per heavy atom. The van der Waals surface area contributed by atoms with Crippen LogP contribution in [0.15, 0.2) is 48.5 Å². The highest BCUT2D eigenvalue weighted by Crippen LogP contribution is 2.07. The van der Waals surface area contributed by atoms with E-state index in [-0.39, 0.29) is 0 Å². The van der Waals surface area contributed by atoms with Gasteiger partial charge in [-0.25, -0.2) is 0 Å². The summed E-state index contributed by atoms with van der Waals surface area (Å²) in [7, 11) is -1.61. The zero-order valence-corrected chi connectivity index (χ0v) is 12.7. The van der Waals surface area contributed by atoms with Crippen molar-refractivity contribution >= 4 is 18.4 Å². The number of benzene rings is 2. The average Bonchev–Trinajstić information content (AvgIpc) is 2.47. The number of nitrogens with two attached hydrogens (primary N) is 2. The van der Waals surface area contributed by atoms with Crippen molar-refractivity contribution in [1.82, 2.24) is 0 Å². The van der Waals surface area contributed by atoms with Crippen LogP contribution in [0.1, 0.15) is 11.1 Å². The fraction of sp³-hybridized carbons (Fsp3) is 0.250. The van der Waals surface area contributed by atoms with E-state index in [0.29, 0.717) is 13.1 Å². The molecule has 2 aromatic carbocycles. The summed E-state index contributed by atoms with van der Waals surface area (Å²) in [6.07, 6.45) is 0. The lowest BCUT2D eigenvalue weighted by Crippen LogP contribution is -2.52. The monoisotopic (exact) mass is 270 g/mol. The Balaban J connectivity index is 2.33. The molecule has 0 unspecified atom stereocenters. The summed E-state index contributed by atoms with van der Waals surface area (Å²) in [6, 6.07) is 17.5. The number of hydrogen-bond acceptors (Lipinski definition) is 2. The molecule has 0 fully saturated rings. The summed E-state index contributed by atoms with van der Waals surface area (Å²) in [5.41, 5.74) is 13.7. The van der Waals surface area contributed by atoms with Crippen LogP contribution < -0.4 is 21.8 Å². The minimum Gasteiger partial charge on any atom is -0.326 e. The van der Waals surface area contributed by atoms with Gasteiger partial charge in [0.05, 0.1) is 0 Å². The number of hydrogen-bond donors (Lipinski definition) is 2. The predicted octanol–water partition coefficient (Wildman–Crippen LogP) is 1.43. The van der Waals surface area contributed by atoms with Crippen LogP contribution >= 0.6 is 0 Å². The van der Waals surface area contributed by atoms with Crippen molar-refractivity contribution < 1.29 is 0 Å². The highest BCUT2D eigenvalue weighted by atomic mass is 28.3. The third-order valence-corrected chi connectivity index (χ3v) is 7.38. The topological polar surface area (TPSA) is 52.0 Å². The molecule has 0 heterocycles. The first-order chi connectivity index (χ1) is 9.07. The lowest BCUT2D eigenvalue weighted by Gasteiger charge is -2.24. The van der Waals surface area contributed by atoms with Crippen molar-refractivity contribution in [2.45, 2.75) is 26.2 Å². The Kier molecular flexibility index (Phi) is 4.19. The van der Waals surface area contributed by atoms with Gasteiger partial charge in [-0.1, -0.05) is 72.0 Å². The molecule has 0 atom stereocenters. The Labute approximate surface area is 116 Å². The maximum Gasteiger partial charge on any atom is 0.112 e. The molecule has 0 saturated carbocycles. The van der Waals surface area contributed by atoms with Gasteiger partial charge in [0.25, 0.3) is 0 Å². The molecule has 2 rings (SSSR count). The highest BCUT2D eigenvalue weighted by molar-refractivity contribution is 7.00. The van der Waals surface area contributed by atoms with E-state index in [1.807, 2.05) is 0 Å². The SMILES string of the molecule is C[Si](C)(c1ccc(CN)cc1)c1ccc(CN)cc1. The van der Waals surface area contributed by atoms with Crippen LogP contribution in [-0.2, 0) is 13.1 Å². The van der Waals surface area contributed by atoms with Gasteiger partial charge in [0.15, 0.2) is 0 Å². The third-order valence-electron chi connectivity index (χ3n) is 3.82. The Morgan fingerprint density at radius 3 is 1.26 bits per heavy atom. The van der Waals surface area contributed by atoms with Crippen molar-refractivity contribution in [3.8, 4) is 0 Å². The fourth-order valence-corrected chi connectivity index (χ4v) is 4.61. The minimum absolute atomic E-state index is 0.605. The van der Waals surface area contributed by atoms with Crippen molar-refractivity contribution in [3.63, 3.8) is 0 Å². The van der Waals surface area contributed by atoms with E-state index in [1.54, 1.807) is 0 Å². The summed E-state index contributed by atoms with van der Waals surface area (Å²) >= 11 is 0. The number of rotatable bonds is 4. The average molecular weight is 270 g/mol. The largest absolute Gasteiger partial charge is 0.326 e. The zero-order chi connectivity index (χ0) is 13.9. The lowest BCUT2D eigenvalue weighted by molar-refractivity contribution is 1.07. The standard InChI is InChI=1S/C16H22N2Si/c1-19(2,15-7-3-13(11-17)4-8-15)16-9-5-14(12-18)6-10-16/h3-10H,11-12,17-18H2,1-2H3. The zero-order valence-electron chi connectivity index (χ0n) is 11.7. The molecule has 3 heteroatoms. The van der Waals surface area contributed by atoms with Crippen LogP contribution in [-0.4, -0.2) is 8.07 Å². The molecule has 0 aliphatic carbocycles. The van der Waals surface area contributed by atoms with Crippen molar-refractivity contribution in [2.24, 2.45) is 11.5 Å². The van der Waals surface area contributed by atoms with Crippen LogP contribution in [0.3, 0.4) is 0 Å². The van der Waals surface area contributed by atoms with E-state index in [9.17, 15) is 0 Å². The second kappa shape index (κ2) is 5.69. The molecule has 0 spiro atoms. The van der Waals surface area contributed by atoms with Gasteiger partial charge in [0, 0.05) is 13.1 Å². The van der Waals surface area contributed by atoms with Crippen molar-refractivity contribution in [2.75, 3.05) is 0 Å². The normalized spacial score (nSPS) is 11.6. The Hall–Kier alpha value is -1.42. The van der Waals surface area contributed by atoms with E-state index in [4.69, 9.17) is 11.5 Å². The summed E-state index contributed by atoms with van der Waals surface area (Å²) in [6.45, 7) is 5.96. The van der Waals surface area contributed by atoms with Gasteiger partial charge < -0.3 is 11.5 Å². The van der Waals surface area contributed by atoms with Gasteiger partial charge in [-0.15, -0.1) is 0 Å². The minimum atomic E-state index is -1.61. The van der Waals surface area contributed by atoms with Gasteiger partial charge in [0.2, 0.25) is 0 Å². The first-order valence-corrected chi connectivity index (χ1v) is 9.67. The highest BCUT2D eigenvalue weighted by Gasteiger charge is 2.25. The van der Waals surface area contributed by atoms with Gasteiger partial charge in [-0.05, 0) is 11.1 Å². The van der Waals surface area contributed by atoms with Gasteiger partial charge in [-0.3, -0.25) is 0 Å². The predicted molar refractivity (Wildman–Crippen MR) is 85.4 cm³/mol. The van der Waals surface area contributed by atoms with Crippen LogP contribution in [0.5, 0.6) is 0 Å². The van der Waals surface area contributed by atoms with Crippen molar-refractivity contribution in [1.29, 1.82) is 0 Å². The second-order valence-corrected chi connectivity index (χ2v) is 9.83. The smallest absolute Gasteiger partial charge is 0.112 e. The van der Waals surface area contributed by atoms with Crippen LogP contribution in [0.2, 0.25) is 13.1 Å². The molecular weight excluding hydrogens is 248 g/mol. The molecule has 100 valence electrons. The molecule has 2 nitrogen and oxygen atoms in total. The lowest BCUT2D eigenvalue weighted by atomic mass is 10.2. The molecule has 0 saturated heterocycles. The Morgan fingerprint density at radius 1 is 0.684 bits per heavy atom. The first kappa shape index (κ1) is 14.0. The molecule has 0 aromatic heterocycles. The molecular formula is C16H22N2Si. The van der Waals surface area contributed by atoms with E-state index < -0.39 is 8.07 Å². The van der Waals surface area contributed by atoms with Crippen molar-refractivity contribution in [3.05, 3.63) is 59.7 Å². The van der Waals surface area contributed by atoms with Crippen LogP contribution in [0.4, 0.5) is 0 Å². The molecule has 2 aromatic rings. The summed E-state index contributed by atoms with van der Waals surface area (Å²) < 4.78 is 0. The van der Waals surface area contributed by atoms with E-state index in [1.165, 1.54) is 21.5 Å². The Bertz CT molecular complexity index is 480. The summed E-state index contributed by atoms with van der Waals surface area (Å²) in [4.78, 5) is 0. The quantitative estimate of drug-likeness (QED) is 0.826. The second-order valence-electron chi connectivity index (χ2n) is 5.43. The fourth-order valence-electron chi connectivity index (χ4n) is 2.28. The molecule has 4 N–H and O–H groups in total. The van der Waals surface area contributed by atoms with E-state index in [2.05, 4.69) is 61.6 Å². The van der Waals surface area contributed by atoms with E-state index in [0.717, 1.165) is 0 Å². The molecule has 0 amide bonds. The van der Waals surface area contributed by atoms with Gasteiger partial charge >= 0.3 is 0 Å². The van der Waals surface area contributed by atoms with Gasteiger partial charge in [0.1, 0.15) is 8.07 Å². The maximum atomic E-state index is 5.65. The first-order valence-electron chi connectivity index (χ1n) is 6.67. The summed E-state index contributed by atoms with van der Waals surface area (Å²) in [5.74, 6) is 0. The molecule has 0 aliphatic heterocycles. The molecule has 0 radical (unpaired) electrons. The molecule has 19 heavy (non-hydrogen) atoms. The van der Waals surface area contributed by atoms with E-state index >= 15 is 0 Å². The molecule has 0 bridgehead atoms. The molecule has 0 aliphatic rings. The van der Waals surface area contributed by atoms with Crippen LogP contribution in [0.25, 0.3) is 0 Å².